The normalized spacial score (nSPS) is 14.8. The molecule has 4 rings (SSSR count). The number of carbonyl (C=O) groups is 2. The van der Waals surface area contributed by atoms with Crippen LogP contribution in [0.5, 0.6) is 0 Å². The van der Waals surface area contributed by atoms with Crippen molar-refractivity contribution in [3.05, 3.63) is 45.3 Å². The van der Waals surface area contributed by atoms with E-state index in [4.69, 9.17) is 9.26 Å². The Balaban J connectivity index is 1.21. The van der Waals surface area contributed by atoms with Crippen LogP contribution in [-0.2, 0) is 11.2 Å². The molecule has 4 heterocycles. The second kappa shape index (κ2) is 9.50. The van der Waals surface area contributed by atoms with Crippen molar-refractivity contribution in [2.45, 2.75) is 12.8 Å². The second-order valence-electron chi connectivity index (χ2n) is 6.88. The Bertz CT molecular complexity index is 990. The molecule has 1 fully saturated rings. The molecule has 3 aromatic rings. The molecule has 158 valence electrons. The topological polar surface area (TPSA) is 88.8 Å². The van der Waals surface area contributed by atoms with Crippen molar-refractivity contribution < 1.29 is 18.8 Å². The summed E-state index contributed by atoms with van der Waals surface area (Å²) in [7, 11) is 1.34. The van der Waals surface area contributed by atoms with Crippen LogP contribution in [0.2, 0.25) is 0 Å². The van der Waals surface area contributed by atoms with Crippen molar-refractivity contribution in [2.24, 2.45) is 0 Å². The number of hydrogen-bond donors (Lipinski definition) is 0. The molecule has 1 aliphatic rings. The van der Waals surface area contributed by atoms with Gasteiger partial charge in [0.1, 0.15) is 4.88 Å². The maximum absolute atomic E-state index is 12.7. The average Bonchev–Trinajstić information content (AvgIpc) is 3.54. The van der Waals surface area contributed by atoms with Crippen LogP contribution in [0.25, 0.3) is 10.7 Å². The number of aromatic nitrogens is 2. The molecule has 0 aromatic carbocycles. The monoisotopic (exact) mass is 446 g/mol. The van der Waals surface area contributed by atoms with E-state index in [9.17, 15) is 9.59 Å². The standard InChI is InChI=1S/C20H22N4O4S2/c1-27-20(26)16-7-6-15(30-16)19(25)24-11-9-23(10-12-24)8-2-5-17-21-18(22-28-17)14-4-3-13-29-14/h3-4,6-7,13H,2,5,8-12H2,1H3. The van der Waals surface area contributed by atoms with Gasteiger partial charge in [0.05, 0.1) is 16.9 Å². The maximum atomic E-state index is 12.7. The number of rotatable bonds is 7. The van der Waals surface area contributed by atoms with Gasteiger partial charge in [-0.2, -0.15) is 4.98 Å². The van der Waals surface area contributed by atoms with Crippen molar-refractivity contribution in [1.82, 2.24) is 19.9 Å². The van der Waals surface area contributed by atoms with Crippen LogP contribution in [0.4, 0.5) is 0 Å². The molecule has 1 saturated heterocycles. The van der Waals surface area contributed by atoms with Gasteiger partial charge in [0.2, 0.25) is 11.7 Å². The number of hydrogen-bond acceptors (Lipinski definition) is 9. The lowest BCUT2D eigenvalue weighted by Gasteiger charge is -2.34. The molecule has 3 aromatic heterocycles. The van der Waals surface area contributed by atoms with E-state index in [2.05, 4.69) is 15.0 Å². The fraction of sp³-hybridized carbons (Fsp3) is 0.400. The molecule has 0 aliphatic carbocycles. The fourth-order valence-electron chi connectivity index (χ4n) is 3.31. The minimum Gasteiger partial charge on any atom is -0.465 e. The van der Waals surface area contributed by atoms with Gasteiger partial charge >= 0.3 is 5.97 Å². The largest absolute Gasteiger partial charge is 0.465 e. The third-order valence-electron chi connectivity index (χ3n) is 4.94. The van der Waals surface area contributed by atoms with E-state index in [1.54, 1.807) is 23.5 Å². The molecular weight excluding hydrogens is 424 g/mol. The molecule has 0 N–H and O–H groups in total. The summed E-state index contributed by atoms with van der Waals surface area (Å²) in [6, 6.07) is 7.28. The van der Waals surface area contributed by atoms with E-state index in [1.165, 1.54) is 18.4 Å². The number of amides is 1. The van der Waals surface area contributed by atoms with Crippen molar-refractivity contribution in [3.8, 4) is 10.7 Å². The lowest BCUT2D eigenvalue weighted by Crippen LogP contribution is -2.48. The van der Waals surface area contributed by atoms with Crippen LogP contribution in [0.1, 0.15) is 31.7 Å². The molecule has 0 spiro atoms. The summed E-state index contributed by atoms with van der Waals surface area (Å²) < 4.78 is 10.0. The molecule has 0 atom stereocenters. The van der Waals surface area contributed by atoms with Gasteiger partial charge in [0.15, 0.2) is 0 Å². The molecular formula is C20H22N4O4S2. The first-order valence-electron chi connectivity index (χ1n) is 9.70. The minimum absolute atomic E-state index is 0.0261. The van der Waals surface area contributed by atoms with Crippen LogP contribution in [0.15, 0.2) is 34.2 Å². The highest BCUT2D eigenvalue weighted by Gasteiger charge is 2.24. The molecule has 0 unspecified atom stereocenters. The summed E-state index contributed by atoms with van der Waals surface area (Å²) in [6.07, 6.45) is 1.66. The van der Waals surface area contributed by atoms with E-state index in [1.807, 2.05) is 22.4 Å². The van der Waals surface area contributed by atoms with Gasteiger partial charge in [0, 0.05) is 32.6 Å². The molecule has 8 nitrogen and oxygen atoms in total. The number of carbonyl (C=O) groups excluding carboxylic acids is 2. The molecule has 30 heavy (non-hydrogen) atoms. The summed E-state index contributed by atoms with van der Waals surface area (Å²) in [5, 5.41) is 6.03. The summed E-state index contributed by atoms with van der Waals surface area (Å²) in [4.78, 5) is 34.9. The number of aryl methyl sites for hydroxylation is 1. The van der Waals surface area contributed by atoms with Gasteiger partial charge in [-0.1, -0.05) is 11.2 Å². The lowest BCUT2D eigenvalue weighted by molar-refractivity contribution is 0.0605. The first kappa shape index (κ1) is 20.7. The van der Waals surface area contributed by atoms with E-state index < -0.39 is 5.97 Å². The highest BCUT2D eigenvalue weighted by atomic mass is 32.1. The number of methoxy groups -OCH3 is 1. The first-order chi connectivity index (χ1) is 14.6. The third-order valence-corrected chi connectivity index (χ3v) is 6.86. The number of nitrogens with zero attached hydrogens (tertiary/aromatic N) is 4. The van der Waals surface area contributed by atoms with Gasteiger partial charge in [-0.05, 0) is 36.5 Å². The first-order valence-corrected chi connectivity index (χ1v) is 11.4. The Morgan fingerprint density at radius 1 is 1.17 bits per heavy atom. The second-order valence-corrected chi connectivity index (χ2v) is 8.91. The predicted molar refractivity (Wildman–Crippen MR) is 114 cm³/mol. The van der Waals surface area contributed by atoms with E-state index in [0.717, 1.165) is 37.4 Å². The van der Waals surface area contributed by atoms with Crippen LogP contribution < -0.4 is 0 Å². The molecule has 10 heteroatoms. The third kappa shape index (κ3) is 4.77. The van der Waals surface area contributed by atoms with Gasteiger partial charge in [-0.3, -0.25) is 9.69 Å². The van der Waals surface area contributed by atoms with Crippen LogP contribution in [-0.4, -0.2) is 71.7 Å². The molecule has 0 radical (unpaired) electrons. The summed E-state index contributed by atoms with van der Waals surface area (Å²) >= 11 is 2.77. The molecule has 1 aliphatic heterocycles. The highest BCUT2D eigenvalue weighted by molar-refractivity contribution is 7.15. The lowest BCUT2D eigenvalue weighted by atomic mass is 10.2. The maximum Gasteiger partial charge on any atom is 0.348 e. The molecule has 1 amide bonds. The van der Waals surface area contributed by atoms with Crippen molar-refractivity contribution in [2.75, 3.05) is 39.8 Å². The summed E-state index contributed by atoms with van der Waals surface area (Å²) in [5.41, 5.74) is 0. The zero-order valence-corrected chi connectivity index (χ0v) is 18.2. The van der Waals surface area contributed by atoms with Crippen molar-refractivity contribution >= 4 is 34.6 Å². The minimum atomic E-state index is -0.410. The Hall–Kier alpha value is -2.56. The number of piperazine rings is 1. The van der Waals surface area contributed by atoms with E-state index >= 15 is 0 Å². The number of esters is 1. The van der Waals surface area contributed by atoms with Gasteiger partial charge < -0.3 is 14.2 Å². The quantitative estimate of drug-likeness (QED) is 0.516. The Morgan fingerprint density at radius 3 is 2.70 bits per heavy atom. The summed E-state index contributed by atoms with van der Waals surface area (Å²) in [6.45, 7) is 3.92. The number of thiophene rings is 2. The van der Waals surface area contributed by atoms with Crippen molar-refractivity contribution in [1.29, 1.82) is 0 Å². The van der Waals surface area contributed by atoms with Gasteiger partial charge in [0.25, 0.3) is 5.91 Å². The molecule has 0 bridgehead atoms. The smallest absolute Gasteiger partial charge is 0.348 e. The van der Waals surface area contributed by atoms with E-state index in [-0.39, 0.29) is 5.91 Å². The van der Waals surface area contributed by atoms with E-state index in [0.29, 0.717) is 34.6 Å². The Kier molecular flexibility index (Phi) is 6.56. The zero-order valence-electron chi connectivity index (χ0n) is 16.6. The SMILES string of the molecule is COC(=O)c1ccc(C(=O)N2CCN(CCCc3nc(-c4cccs4)no3)CC2)s1. The Morgan fingerprint density at radius 2 is 1.97 bits per heavy atom. The zero-order chi connectivity index (χ0) is 20.9. The van der Waals surface area contributed by atoms with Gasteiger partial charge in [-0.25, -0.2) is 4.79 Å². The Labute approximate surface area is 182 Å². The van der Waals surface area contributed by atoms with Crippen LogP contribution in [0, 0.1) is 0 Å². The highest BCUT2D eigenvalue weighted by Crippen LogP contribution is 2.22. The van der Waals surface area contributed by atoms with Crippen LogP contribution >= 0.6 is 22.7 Å². The average molecular weight is 447 g/mol. The summed E-state index contributed by atoms with van der Waals surface area (Å²) in [5.74, 6) is 0.872. The van der Waals surface area contributed by atoms with Crippen LogP contribution in [0.3, 0.4) is 0 Å². The predicted octanol–water partition coefficient (Wildman–Crippen LogP) is 3.04. The van der Waals surface area contributed by atoms with Gasteiger partial charge in [-0.15, -0.1) is 22.7 Å². The van der Waals surface area contributed by atoms with Crippen molar-refractivity contribution in [3.63, 3.8) is 0 Å². The molecule has 0 saturated carbocycles. The fourth-order valence-corrected chi connectivity index (χ4v) is 4.85. The number of ether oxygens (including phenoxy) is 1.